The molecule has 3 aromatic rings. The fourth-order valence-corrected chi connectivity index (χ4v) is 3.31. The summed E-state index contributed by atoms with van der Waals surface area (Å²) in [6, 6.07) is 12.6. The Kier molecular flexibility index (Phi) is 6.39. The van der Waals surface area contributed by atoms with Gasteiger partial charge in [0, 0.05) is 17.1 Å². The molecule has 1 aliphatic heterocycles. The Bertz CT molecular complexity index is 1050. The van der Waals surface area contributed by atoms with Crippen molar-refractivity contribution >= 4 is 17.5 Å². The third-order valence-corrected chi connectivity index (χ3v) is 5.40. The van der Waals surface area contributed by atoms with E-state index < -0.39 is 6.10 Å². The van der Waals surface area contributed by atoms with E-state index in [0.29, 0.717) is 42.2 Å². The number of morpholine rings is 1. The van der Waals surface area contributed by atoms with Gasteiger partial charge < -0.3 is 23.6 Å². The van der Waals surface area contributed by atoms with Crippen LogP contribution < -0.4 is 9.47 Å². The van der Waals surface area contributed by atoms with Crippen LogP contribution in [0.25, 0.3) is 11.4 Å². The summed E-state index contributed by atoms with van der Waals surface area (Å²) in [4.78, 5) is 18.7. The molecule has 0 N–H and O–H groups in total. The van der Waals surface area contributed by atoms with Gasteiger partial charge in [-0.05, 0) is 55.0 Å². The lowest BCUT2D eigenvalue weighted by molar-refractivity contribution is -0.142. The Morgan fingerprint density at radius 3 is 2.74 bits per heavy atom. The minimum atomic E-state index is -0.491. The second-order valence-electron chi connectivity index (χ2n) is 7.08. The quantitative estimate of drug-likeness (QED) is 0.574. The van der Waals surface area contributed by atoms with Crippen molar-refractivity contribution in [3.8, 4) is 22.9 Å². The van der Waals surface area contributed by atoms with E-state index in [1.165, 1.54) is 0 Å². The molecular formula is C22H22ClN3O5. The maximum absolute atomic E-state index is 12.6. The first-order valence-corrected chi connectivity index (χ1v) is 10.2. The highest BCUT2D eigenvalue weighted by Crippen LogP contribution is 2.25. The van der Waals surface area contributed by atoms with Crippen LogP contribution in [-0.4, -0.2) is 54.4 Å². The second-order valence-corrected chi connectivity index (χ2v) is 7.49. The molecule has 1 amide bonds. The van der Waals surface area contributed by atoms with Gasteiger partial charge in [-0.15, -0.1) is 0 Å². The fourth-order valence-electron chi connectivity index (χ4n) is 3.19. The molecule has 1 aliphatic rings. The van der Waals surface area contributed by atoms with E-state index in [9.17, 15) is 4.79 Å². The maximum Gasteiger partial charge on any atom is 0.260 e. The lowest BCUT2D eigenvalue weighted by Gasteiger charge is -2.31. The monoisotopic (exact) mass is 443 g/mol. The molecule has 0 aliphatic carbocycles. The van der Waals surface area contributed by atoms with Crippen LogP contribution in [0, 0.1) is 6.92 Å². The fraction of sp³-hybridized carbons (Fsp3) is 0.318. The Hall–Kier alpha value is -3.10. The summed E-state index contributed by atoms with van der Waals surface area (Å²) in [5, 5.41) is 4.69. The molecule has 4 rings (SSSR count). The first kappa shape index (κ1) is 21.1. The van der Waals surface area contributed by atoms with Crippen molar-refractivity contribution in [1.82, 2.24) is 15.0 Å². The number of methoxy groups -OCH3 is 1. The Morgan fingerprint density at radius 2 is 2.00 bits per heavy atom. The number of benzene rings is 2. The van der Waals surface area contributed by atoms with E-state index in [4.69, 9.17) is 30.3 Å². The van der Waals surface area contributed by atoms with Crippen molar-refractivity contribution in [2.75, 3.05) is 33.4 Å². The molecule has 8 nitrogen and oxygen atoms in total. The van der Waals surface area contributed by atoms with Crippen molar-refractivity contribution in [2.45, 2.75) is 13.0 Å². The van der Waals surface area contributed by atoms with Crippen LogP contribution in [0.3, 0.4) is 0 Å². The van der Waals surface area contributed by atoms with Crippen molar-refractivity contribution in [2.24, 2.45) is 0 Å². The zero-order valence-corrected chi connectivity index (χ0v) is 18.0. The number of halogens is 1. The average Bonchev–Trinajstić information content (AvgIpc) is 3.30. The molecule has 1 atom stereocenters. The summed E-state index contributed by atoms with van der Waals surface area (Å²) in [6.07, 6.45) is -0.491. The molecule has 0 bridgehead atoms. The SMILES string of the molecule is COc1ccc(-c2noc([C@@H]3CN(C(=O)COc4ccc(Cl)c(C)c4)CCO3)n2)cc1. The molecule has 9 heteroatoms. The molecule has 162 valence electrons. The third-order valence-electron chi connectivity index (χ3n) is 4.98. The van der Waals surface area contributed by atoms with Crippen molar-refractivity contribution < 1.29 is 23.5 Å². The number of rotatable bonds is 6. The van der Waals surface area contributed by atoms with E-state index in [0.717, 1.165) is 16.9 Å². The maximum atomic E-state index is 12.6. The van der Waals surface area contributed by atoms with E-state index in [1.807, 2.05) is 31.2 Å². The summed E-state index contributed by atoms with van der Waals surface area (Å²) in [5.74, 6) is 1.98. The number of aromatic nitrogens is 2. The van der Waals surface area contributed by atoms with Gasteiger partial charge in [-0.1, -0.05) is 16.8 Å². The molecule has 1 fully saturated rings. The predicted octanol–water partition coefficient (Wildman–Crippen LogP) is 3.69. The molecule has 0 saturated carbocycles. The van der Waals surface area contributed by atoms with Crippen molar-refractivity contribution in [3.63, 3.8) is 0 Å². The summed E-state index contributed by atoms with van der Waals surface area (Å²) >= 11 is 6.02. The minimum Gasteiger partial charge on any atom is -0.497 e. The van der Waals surface area contributed by atoms with Crippen LogP contribution in [0.5, 0.6) is 11.5 Å². The number of amides is 1. The summed E-state index contributed by atoms with van der Waals surface area (Å²) < 4.78 is 21.9. The Morgan fingerprint density at radius 1 is 1.23 bits per heavy atom. The summed E-state index contributed by atoms with van der Waals surface area (Å²) in [7, 11) is 1.61. The van der Waals surface area contributed by atoms with Gasteiger partial charge in [0.25, 0.3) is 11.8 Å². The number of ether oxygens (including phenoxy) is 3. The van der Waals surface area contributed by atoms with E-state index in [2.05, 4.69) is 10.1 Å². The van der Waals surface area contributed by atoms with Crippen LogP contribution in [0.1, 0.15) is 17.6 Å². The van der Waals surface area contributed by atoms with Crippen LogP contribution in [-0.2, 0) is 9.53 Å². The highest BCUT2D eigenvalue weighted by molar-refractivity contribution is 6.31. The van der Waals surface area contributed by atoms with E-state index >= 15 is 0 Å². The first-order chi connectivity index (χ1) is 15.0. The standard InChI is InChI=1S/C22H22ClN3O5/c1-14-11-17(7-8-18(14)23)30-13-20(27)26-9-10-29-19(12-26)22-24-21(25-31-22)15-3-5-16(28-2)6-4-15/h3-8,11,19H,9-10,12-13H2,1-2H3/t19-/m0/s1. The number of carbonyl (C=O) groups is 1. The van der Waals surface area contributed by atoms with E-state index in [1.54, 1.807) is 30.2 Å². The minimum absolute atomic E-state index is 0.0747. The molecule has 31 heavy (non-hydrogen) atoms. The van der Waals surface area contributed by atoms with Gasteiger partial charge in [0.15, 0.2) is 12.7 Å². The zero-order chi connectivity index (χ0) is 21.8. The summed E-state index contributed by atoms with van der Waals surface area (Å²) in [5.41, 5.74) is 1.69. The van der Waals surface area contributed by atoms with Crippen LogP contribution in [0.2, 0.25) is 5.02 Å². The third kappa shape index (κ3) is 4.98. The number of hydrogen-bond donors (Lipinski definition) is 0. The lowest BCUT2D eigenvalue weighted by Crippen LogP contribution is -2.44. The number of hydrogen-bond acceptors (Lipinski definition) is 7. The number of carbonyl (C=O) groups excluding carboxylic acids is 1. The topological polar surface area (TPSA) is 86.9 Å². The van der Waals surface area contributed by atoms with Gasteiger partial charge >= 0.3 is 0 Å². The van der Waals surface area contributed by atoms with Gasteiger partial charge in [0.05, 0.1) is 20.3 Å². The normalized spacial score (nSPS) is 16.2. The van der Waals surface area contributed by atoms with Crippen molar-refractivity contribution in [1.29, 1.82) is 0 Å². The summed E-state index contributed by atoms with van der Waals surface area (Å²) in [6.45, 7) is 2.96. The number of nitrogens with zero attached hydrogens (tertiary/aromatic N) is 3. The predicted molar refractivity (Wildman–Crippen MR) is 113 cm³/mol. The van der Waals surface area contributed by atoms with Gasteiger partial charge in [0.2, 0.25) is 5.82 Å². The molecule has 2 aromatic carbocycles. The van der Waals surface area contributed by atoms with Crippen molar-refractivity contribution in [3.05, 3.63) is 58.9 Å². The highest BCUT2D eigenvalue weighted by atomic mass is 35.5. The van der Waals surface area contributed by atoms with Gasteiger partial charge in [-0.2, -0.15) is 4.98 Å². The first-order valence-electron chi connectivity index (χ1n) is 9.80. The largest absolute Gasteiger partial charge is 0.497 e. The van der Waals surface area contributed by atoms with E-state index in [-0.39, 0.29) is 12.5 Å². The molecule has 0 spiro atoms. The molecule has 1 saturated heterocycles. The molecular weight excluding hydrogens is 422 g/mol. The zero-order valence-electron chi connectivity index (χ0n) is 17.2. The van der Waals surface area contributed by atoms with Crippen LogP contribution in [0.4, 0.5) is 0 Å². The Balaban J connectivity index is 1.37. The molecule has 2 heterocycles. The second kappa shape index (κ2) is 9.36. The lowest BCUT2D eigenvalue weighted by atomic mass is 10.2. The van der Waals surface area contributed by atoms with Crippen LogP contribution >= 0.6 is 11.6 Å². The smallest absolute Gasteiger partial charge is 0.260 e. The molecule has 0 unspecified atom stereocenters. The molecule has 0 radical (unpaired) electrons. The van der Waals surface area contributed by atoms with Gasteiger partial charge in [0.1, 0.15) is 11.5 Å². The number of aryl methyl sites for hydroxylation is 1. The Labute approximate surface area is 184 Å². The van der Waals surface area contributed by atoms with Crippen LogP contribution in [0.15, 0.2) is 47.0 Å². The average molecular weight is 444 g/mol. The van der Waals surface area contributed by atoms with Gasteiger partial charge in [-0.25, -0.2) is 0 Å². The van der Waals surface area contributed by atoms with Gasteiger partial charge in [-0.3, -0.25) is 4.79 Å². The highest BCUT2D eigenvalue weighted by Gasteiger charge is 2.29. The molecule has 1 aromatic heterocycles.